The molecule has 1 saturated heterocycles. The van der Waals surface area contributed by atoms with E-state index in [-0.39, 0.29) is 9.79 Å². The molecule has 4 rings (SSSR count). The molecule has 2 heterocycles. The number of anilines is 1. The Morgan fingerprint density at radius 1 is 1.00 bits per heavy atom. The molecule has 4 nitrogen and oxygen atoms in total. The zero-order valence-electron chi connectivity index (χ0n) is 15.4. The lowest BCUT2D eigenvalue weighted by atomic mass is 9.98. The average molecular weight is 402 g/mol. The molecule has 2 aromatic carbocycles. The molecule has 3 aromatic rings. The van der Waals surface area contributed by atoms with E-state index in [2.05, 4.69) is 11.9 Å². The predicted octanol–water partition coefficient (Wildman–Crippen LogP) is 4.58. The number of nitrogens with zero attached hydrogens (tertiary/aromatic N) is 2. The zero-order chi connectivity index (χ0) is 19.9. The van der Waals surface area contributed by atoms with Gasteiger partial charge in [0.1, 0.15) is 16.5 Å². The molecule has 0 N–H and O–H groups in total. The number of hydrogen-bond acceptors (Lipinski definition) is 4. The van der Waals surface area contributed by atoms with Crippen LogP contribution in [0.25, 0.3) is 10.9 Å². The Hall–Kier alpha value is -2.54. The maximum Gasteiger partial charge on any atom is 0.210 e. The number of sulfone groups is 1. The van der Waals surface area contributed by atoms with Crippen LogP contribution in [0.15, 0.2) is 58.5 Å². The standard InChI is InChI=1S/C21H20F2N2O2S/c1-14-8-10-25(11-9-14)21-18-12-16(23)4-7-19(18)24-13-20(21)28(26,27)17-5-2-15(22)3-6-17/h2-7,12-14H,8-11H2,1H3. The van der Waals surface area contributed by atoms with Crippen LogP contribution in [-0.2, 0) is 9.84 Å². The van der Waals surface area contributed by atoms with Gasteiger partial charge in [0, 0.05) is 24.7 Å². The van der Waals surface area contributed by atoms with Crippen LogP contribution in [0.5, 0.6) is 0 Å². The average Bonchev–Trinajstić information content (AvgIpc) is 2.68. The molecule has 146 valence electrons. The molecule has 1 fully saturated rings. The van der Waals surface area contributed by atoms with Crippen molar-refractivity contribution in [2.45, 2.75) is 29.6 Å². The second-order valence-corrected chi connectivity index (χ2v) is 9.18. The van der Waals surface area contributed by atoms with Gasteiger partial charge < -0.3 is 4.90 Å². The van der Waals surface area contributed by atoms with Gasteiger partial charge in [0.05, 0.1) is 16.1 Å². The van der Waals surface area contributed by atoms with E-state index in [9.17, 15) is 17.2 Å². The minimum Gasteiger partial charge on any atom is -0.370 e. The molecule has 0 saturated carbocycles. The van der Waals surface area contributed by atoms with Crippen molar-refractivity contribution in [2.75, 3.05) is 18.0 Å². The van der Waals surface area contributed by atoms with Crippen LogP contribution in [0.3, 0.4) is 0 Å². The molecular weight excluding hydrogens is 382 g/mol. The summed E-state index contributed by atoms with van der Waals surface area (Å²) >= 11 is 0. The summed E-state index contributed by atoms with van der Waals surface area (Å²) in [6, 6.07) is 8.90. The molecule has 7 heteroatoms. The molecule has 0 unspecified atom stereocenters. The van der Waals surface area contributed by atoms with Crippen molar-refractivity contribution in [3.63, 3.8) is 0 Å². The van der Waals surface area contributed by atoms with Crippen LogP contribution in [0, 0.1) is 17.6 Å². The molecule has 1 aromatic heterocycles. The van der Waals surface area contributed by atoms with Gasteiger partial charge in [-0.1, -0.05) is 6.92 Å². The van der Waals surface area contributed by atoms with Gasteiger partial charge in [-0.05, 0) is 61.2 Å². The van der Waals surface area contributed by atoms with Crippen molar-refractivity contribution in [3.05, 3.63) is 60.3 Å². The Bertz CT molecular complexity index is 1120. The SMILES string of the molecule is CC1CCN(c2c(S(=O)(=O)c3ccc(F)cc3)cnc3ccc(F)cc23)CC1. The van der Waals surface area contributed by atoms with Crippen LogP contribution >= 0.6 is 0 Å². The monoisotopic (exact) mass is 402 g/mol. The van der Waals surface area contributed by atoms with Gasteiger partial charge in [-0.3, -0.25) is 4.98 Å². The first-order valence-corrected chi connectivity index (χ1v) is 10.7. The first-order chi connectivity index (χ1) is 13.4. The van der Waals surface area contributed by atoms with Crippen molar-refractivity contribution in [2.24, 2.45) is 5.92 Å². The van der Waals surface area contributed by atoms with Crippen LogP contribution in [0.4, 0.5) is 14.5 Å². The normalized spacial score (nSPS) is 15.9. The molecule has 0 aliphatic carbocycles. The number of aromatic nitrogens is 1. The van der Waals surface area contributed by atoms with Gasteiger partial charge in [-0.2, -0.15) is 0 Å². The first-order valence-electron chi connectivity index (χ1n) is 9.20. The van der Waals surface area contributed by atoms with Crippen molar-refractivity contribution in [1.29, 1.82) is 0 Å². The lowest BCUT2D eigenvalue weighted by molar-refractivity contribution is 0.437. The predicted molar refractivity (Wildman–Crippen MR) is 104 cm³/mol. The quantitative estimate of drug-likeness (QED) is 0.602. The highest BCUT2D eigenvalue weighted by Gasteiger charge is 2.28. The van der Waals surface area contributed by atoms with Crippen LogP contribution in [-0.4, -0.2) is 26.5 Å². The number of rotatable bonds is 3. The van der Waals surface area contributed by atoms with Gasteiger partial charge in [-0.15, -0.1) is 0 Å². The molecule has 0 atom stereocenters. The Morgan fingerprint density at radius 2 is 1.64 bits per heavy atom. The maximum absolute atomic E-state index is 14.0. The minimum absolute atomic E-state index is 0.0157. The summed E-state index contributed by atoms with van der Waals surface area (Å²) in [5, 5.41) is 0.470. The van der Waals surface area contributed by atoms with Crippen molar-refractivity contribution >= 4 is 26.4 Å². The van der Waals surface area contributed by atoms with E-state index in [1.54, 1.807) is 6.07 Å². The fraction of sp³-hybridized carbons (Fsp3) is 0.286. The van der Waals surface area contributed by atoms with Gasteiger partial charge in [0.25, 0.3) is 0 Å². The summed E-state index contributed by atoms with van der Waals surface area (Å²) in [4.78, 5) is 6.26. The van der Waals surface area contributed by atoms with E-state index < -0.39 is 21.5 Å². The number of benzene rings is 2. The fourth-order valence-electron chi connectivity index (χ4n) is 3.63. The summed E-state index contributed by atoms with van der Waals surface area (Å²) in [6.07, 6.45) is 3.18. The van der Waals surface area contributed by atoms with E-state index in [1.165, 1.54) is 30.5 Å². The van der Waals surface area contributed by atoms with Crippen LogP contribution in [0.2, 0.25) is 0 Å². The highest BCUT2D eigenvalue weighted by molar-refractivity contribution is 7.91. The third kappa shape index (κ3) is 3.35. The number of piperidine rings is 1. The second-order valence-electron chi connectivity index (χ2n) is 7.26. The molecule has 0 radical (unpaired) electrons. The molecular formula is C21H20F2N2O2S. The molecule has 28 heavy (non-hydrogen) atoms. The number of pyridine rings is 1. The van der Waals surface area contributed by atoms with Crippen LogP contribution < -0.4 is 4.90 Å². The lowest BCUT2D eigenvalue weighted by Gasteiger charge is -2.34. The first kappa shape index (κ1) is 18.8. The minimum atomic E-state index is -3.95. The molecule has 0 spiro atoms. The number of hydrogen-bond donors (Lipinski definition) is 0. The fourth-order valence-corrected chi connectivity index (χ4v) is 5.06. The smallest absolute Gasteiger partial charge is 0.210 e. The van der Waals surface area contributed by atoms with Gasteiger partial charge in [0.15, 0.2) is 0 Å². The number of fused-ring (bicyclic) bond motifs is 1. The summed E-state index contributed by atoms with van der Waals surface area (Å²) in [7, 11) is -3.95. The van der Waals surface area contributed by atoms with Crippen molar-refractivity contribution in [3.8, 4) is 0 Å². The van der Waals surface area contributed by atoms with Gasteiger partial charge in [-0.25, -0.2) is 17.2 Å². The van der Waals surface area contributed by atoms with Crippen molar-refractivity contribution < 1.29 is 17.2 Å². The topological polar surface area (TPSA) is 50.3 Å². The molecule has 0 bridgehead atoms. The Kier molecular flexibility index (Phi) is 4.79. The van der Waals surface area contributed by atoms with E-state index in [1.807, 2.05) is 4.90 Å². The van der Waals surface area contributed by atoms with E-state index in [0.717, 1.165) is 25.0 Å². The lowest BCUT2D eigenvalue weighted by Crippen LogP contribution is -2.34. The summed E-state index contributed by atoms with van der Waals surface area (Å²) < 4.78 is 53.9. The van der Waals surface area contributed by atoms with Crippen LogP contribution in [0.1, 0.15) is 19.8 Å². The largest absolute Gasteiger partial charge is 0.370 e. The van der Waals surface area contributed by atoms with E-state index >= 15 is 0 Å². The zero-order valence-corrected chi connectivity index (χ0v) is 16.2. The third-order valence-corrected chi connectivity index (χ3v) is 7.05. The highest BCUT2D eigenvalue weighted by atomic mass is 32.2. The van der Waals surface area contributed by atoms with Gasteiger partial charge in [0.2, 0.25) is 9.84 Å². The molecule has 1 aliphatic rings. The second kappa shape index (κ2) is 7.13. The number of halogens is 2. The summed E-state index contributed by atoms with van der Waals surface area (Å²) in [5.41, 5.74) is 1.01. The Labute approximate surface area is 162 Å². The van der Waals surface area contributed by atoms with E-state index in [0.29, 0.717) is 35.6 Å². The molecule has 0 amide bonds. The summed E-state index contributed by atoms with van der Waals surface area (Å²) in [6.45, 7) is 3.53. The Morgan fingerprint density at radius 3 is 2.32 bits per heavy atom. The Balaban J connectivity index is 1.95. The third-order valence-electron chi connectivity index (χ3n) is 5.28. The maximum atomic E-state index is 14.0. The van der Waals surface area contributed by atoms with E-state index in [4.69, 9.17) is 0 Å². The van der Waals surface area contributed by atoms with Crippen molar-refractivity contribution in [1.82, 2.24) is 4.98 Å². The highest BCUT2D eigenvalue weighted by Crippen LogP contribution is 2.37. The molecule has 1 aliphatic heterocycles. The van der Waals surface area contributed by atoms with Gasteiger partial charge >= 0.3 is 0 Å². The summed E-state index contributed by atoms with van der Waals surface area (Å²) in [5.74, 6) is -0.404.